The summed E-state index contributed by atoms with van der Waals surface area (Å²) in [5.41, 5.74) is 0.475. The number of ether oxygens (including phenoxy) is 1. The van der Waals surface area contributed by atoms with Crippen LogP contribution in [0.3, 0.4) is 0 Å². The van der Waals surface area contributed by atoms with Crippen molar-refractivity contribution in [1.29, 1.82) is 0 Å². The maximum Gasteiger partial charge on any atom is 0.251 e. The lowest BCUT2D eigenvalue weighted by molar-refractivity contribution is 0.0956. The SMILES string of the molecule is COc1ccc(C(=O)NCCS(=O)(=O)N2CCN(C)CC2)cc1. The van der Waals surface area contributed by atoms with E-state index >= 15 is 0 Å². The molecular formula is C15H23N3O4S. The molecule has 1 fully saturated rings. The Morgan fingerprint density at radius 1 is 1.17 bits per heavy atom. The molecule has 23 heavy (non-hydrogen) atoms. The monoisotopic (exact) mass is 341 g/mol. The number of likely N-dealkylation sites (N-methyl/N-ethyl adjacent to an activating group) is 1. The smallest absolute Gasteiger partial charge is 0.251 e. The first kappa shape index (κ1) is 17.7. The number of piperazine rings is 1. The third-order valence-corrected chi connectivity index (χ3v) is 5.73. The molecule has 0 radical (unpaired) electrons. The lowest BCUT2D eigenvalue weighted by Crippen LogP contribution is -2.48. The quantitative estimate of drug-likeness (QED) is 0.788. The summed E-state index contributed by atoms with van der Waals surface area (Å²) in [6.45, 7) is 2.57. The van der Waals surface area contributed by atoms with Crippen molar-refractivity contribution in [2.24, 2.45) is 0 Å². The van der Waals surface area contributed by atoms with Gasteiger partial charge in [-0.15, -0.1) is 0 Å². The fourth-order valence-electron chi connectivity index (χ4n) is 2.33. The standard InChI is InChI=1S/C15H23N3O4S/c1-17-8-10-18(11-9-17)23(20,21)12-7-16-15(19)13-3-5-14(22-2)6-4-13/h3-6H,7-12H2,1-2H3,(H,16,19). The fourth-order valence-corrected chi connectivity index (χ4v) is 3.67. The van der Waals surface area contributed by atoms with Crippen LogP contribution >= 0.6 is 0 Å². The van der Waals surface area contributed by atoms with E-state index in [-0.39, 0.29) is 18.2 Å². The van der Waals surface area contributed by atoms with Gasteiger partial charge < -0.3 is 15.0 Å². The minimum absolute atomic E-state index is 0.0847. The average molecular weight is 341 g/mol. The predicted molar refractivity (Wildman–Crippen MR) is 88.2 cm³/mol. The van der Waals surface area contributed by atoms with Gasteiger partial charge in [-0.1, -0.05) is 0 Å². The highest BCUT2D eigenvalue weighted by molar-refractivity contribution is 7.89. The zero-order valence-corrected chi connectivity index (χ0v) is 14.3. The first-order valence-electron chi connectivity index (χ1n) is 7.51. The van der Waals surface area contributed by atoms with Crippen LogP contribution < -0.4 is 10.1 Å². The van der Waals surface area contributed by atoms with Crippen LogP contribution in [0.15, 0.2) is 24.3 Å². The molecule has 0 aliphatic carbocycles. The Labute approximate surface area is 137 Å². The Hall–Kier alpha value is -1.64. The maximum absolute atomic E-state index is 12.2. The van der Waals surface area contributed by atoms with Gasteiger partial charge in [-0.05, 0) is 31.3 Å². The summed E-state index contributed by atoms with van der Waals surface area (Å²) in [7, 11) is 0.202. The number of hydrogen-bond donors (Lipinski definition) is 1. The molecule has 1 aromatic rings. The Morgan fingerprint density at radius 3 is 2.35 bits per heavy atom. The number of rotatable bonds is 6. The lowest BCUT2D eigenvalue weighted by Gasteiger charge is -2.31. The number of nitrogens with one attached hydrogen (secondary N) is 1. The van der Waals surface area contributed by atoms with E-state index in [9.17, 15) is 13.2 Å². The van der Waals surface area contributed by atoms with Crippen LogP contribution in [-0.2, 0) is 10.0 Å². The average Bonchev–Trinajstić information content (AvgIpc) is 2.55. The molecule has 1 aliphatic rings. The topological polar surface area (TPSA) is 78.9 Å². The molecule has 1 N–H and O–H groups in total. The molecule has 0 bridgehead atoms. The van der Waals surface area contributed by atoms with Crippen molar-refractivity contribution < 1.29 is 17.9 Å². The summed E-state index contributed by atoms with van der Waals surface area (Å²) in [6.07, 6.45) is 0. The molecule has 1 aromatic carbocycles. The normalized spacial score (nSPS) is 17.0. The molecular weight excluding hydrogens is 318 g/mol. The molecule has 2 rings (SSSR count). The minimum atomic E-state index is -3.32. The fraction of sp³-hybridized carbons (Fsp3) is 0.533. The molecule has 7 nitrogen and oxygen atoms in total. The number of carbonyl (C=O) groups excluding carboxylic acids is 1. The van der Waals surface area contributed by atoms with Crippen LogP contribution in [-0.4, -0.2) is 76.2 Å². The van der Waals surface area contributed by atoms with Crippen molar-refractivity contribution in [2.45, 2.75) is 0 Å². The summed E-state index contributed by atoms with van der Waals surface area (Å²) in [5, 5.41) is 2.64. The molecule has 1 saturated heterocycles. The Morgan fingerprint density at radius 2 is 1.78 bits per heavy atom. The highest BCUT2D eigenvalue weighted by Gasteiger charge is 2.25. The number of benzene rings is 1. The second-order valence-corrected chi connectivity index (χ2v) is 7.59. The number of amides is 1. The van der Waals surface area contributed by atoms with E-state index in [0.717, 1.165) is 13.1 Å². The lowest BCUT2D eigenvalue weighted by atomic mass is 10.2. The highest BCUT2D eigenvalue weighted by Crippen LogP contribution is 2.11. The van der Waals surface area contributed by atoms with Gasteiger partial charge in [0.25, 0.3) is 5.91 Å². The molecule has 0 aromatic heterocycles. The van der Waals surface area contributed by atoms with Gasteiger partial charge in [-0.25, -0.2) is 8.42 Å². The molecule has 0 spiro atoms. The van der Waals surface area contributed by atoms with Crippen molar-refractivity contribution in [1.82, 2.24) is 14.5 Å². The molecule has 1 heterocycles. The molecule has 1 amide bonds. The second-order valence-electron chi connectivity index (χ2n) is 5.50. The number of nitrogens with zero attached hydrogens (tertiary/aromatic N) is 2. The van der Waals surface area contributed by atoms with E-state index in [0.29, 0.717) is 24.4 Å². The summed E-state index contributed by atoms with van der Waals surface area (Å²) in [5.74, 6) is 0.291. The van der Waals surface area contributed by atoms with Gasteiger partial charge in [0.15, 0.2) is 0 Å². The zero-order chi connectivity index (χ0) is 16.9. The highest BCUT2D eigenvalue weighted by atomic mass is 32.2. The van der Waals surface area contributed by atoms with Gasteiger partial charge in [0.05, 0.1) is 12.9 Å². The van der Waals surface area contributed by atoms with Gasteiger partial charge in [0.1, 0.15) is 5.75 Å². The van der Waals surface area contributed by atoms with E-state index in [4.69, 9.17) is 4.74 Å². The van der Waals surface area contributed by atoms with E-state index in [1.54, 1.807) is 31.4 Å². The largest absolute Gasteiger partial charge is 0.497 e. The zero-order valence-electron chi connectivity index (χ0n) is 13.5. The van der Waals surface area contributed by atoms with Crippen LogP contribution in [0.1, 0.15) is 10.4 Å². The molecule has 0 saturated carbocycles. The first-order valence-corrected chi connectivity index (χ1v) is 9.12. The van der Waals surface area contributed by atoms with Gasteiger partial charge in [-0.2, -0.15) is 4.31 Å². The van der Waals surface area contributed by atoms with Crippen LogP contribution in [0.5, 0.6) is 5.75 Å². The summed E-state index contributed by atoms with van der Waals surface area (Å²) < 4.78 is 31.0. The van der Waals surface area contributed by atoms with Crippen molar-refractivity contribution in [3.63, 3.8) is 0 Å². The summed E-state index contributed by atoms with van der Waals surface area (Å²) in [6, 6.07) is 6.66. The Balaban J connectivity index is 1.82. The van der Waals surface area contributed by atoms with Crippen molar-refractivity contribution >= 4 is 15.9 Å². The number of methoxy groups -OCH3 is 1. The van der Waals surface area contributed by atoms with Crippen molar-refractivity contribution in [3.8, 4) is 5.75 Å². The second kappa shape index (κ2) is 7.76. The van der Waals surface area contributed by atoms with Gasteiger partial charge in [-0.3, -0.25) is 4.79 Å². The first-order chi connectivity index (χ1) is 10.9. The maximum atomic E-state index is 12.2. The van der Waals surface area contributed by atoms with Gasteiger partial charge >= 0.3 is 0 Å². The van der Waals surface area contributed by atoms with Crippen LogP contribution in [0.2, 0.25) is 0 Å². The van der Waals surface area contributed by atoms with E-state index in [1.165, 1.54) is 4.31 Å². The number of carbonyl (C=O) groups is 1. The van der Waals surface area contributed by atoms with Crippen molar-refractivity contribution in [2.75, 3.05) is 52.6 Å². The molecule has 0 atom stereocenters. The third-order valence-electron chi connectivity index (χ3n) is 3.85. The molecule has 1 aliphatic heterocycles. The van der Waals surface area contributed by atoms with Crippen molar-refractivity contribution in [3.05, 3.63) is 29.8 Å². The Bertz CT molecular complexity index is 623. The predicted octanol–water partition coefficient (Wildman–Crippen LogP) is 0.00220. The Kier molecular flexibility index (Phi) is 5.97. The number of sulfonamides is 1. The van der Waals surface area contributed by atoms with Crippen LogP contribution in [0.25, 0.3) is 0 Å². The van der Waals surface area contributed by atoms with Crippen LogP contribution in [0, 0.1) is 0 Å². The molecule has 8 heteroatoms. The van der Waals surface area contributed by atoms with Gasteiger partial charge in [0.2, 0.25) is 10.0 Å². The summed E-state index contributed by atoms with van der Waals surface area (Å²) >= 11 is 0. The minimum Gasteiger partial charge on any atom is -0.497 e. The van der Waals surface area contributed by atoms with E-state index in [1.807, 2.05) is 7.05 Å². The van der Waals surface area contributed by atoms with Gasteiger partial charge in [0, 0.05) is 38.3 Å². The molecule has 0 unspecified atom stereocenters. The number of hydrogen-bond acceptors (Lipinski definition) is 5. The third kappa shape index (κ3) is 4.92. The molecule has 128 valence electrons. The summed E-state index contributed by atoms with van der Waals surface area (Å²) in [4.78, 5) is 14.1. The van der Waals surface area contributed by atoms with E-state index < -0.39 is 10.0 Å². The van der Waals surface area contributed by atoms with E-state index in [2.05, 4.69) is 10.2 Å². The van der Waals surface area contributed by atoms with Crippen LogP contribution in [0.4, 0.5) is 0 Å².